The number of hydrogen-bond donors (Lipinski definition) is 1. The van der Waals surface area contributed by atoms with E-state index in [-0.39, 0.29) is 17.8 Å². The van der Waals surface area contributed by atoms with Crippen molar-refractivity contribution in [1.82, 2.24) is 9.78 Å². The molecule has 1 amide bonds. The van der Waals surface area contributed by atoms with Gasteiger partial charge in [-0.2, -0.15) is 5.10 Å². The van der Waals surface area contributed by atoms with Crippen LogP contribution in [-0.4, -0.2) is 22.2 Å². The molecule has 1 aliphatic heterocycles. The average Bonchev–Trinajstić information content (AvgIpc) is 3.10. The maximum absolute atomic E-state index is 13.2. The van der Waals surface area contributed by atoms with Gasteiger partial charge < -0.3 is 10.2 Å². The van der Waals surface area contributed by atoms with Crippen LogP contribution in [0.2, 0.25) is 0 Å². The van der Waals surface area contributed by atoms with Crippen molar-refractivity contribution >= 4 is 17.3 Å². The van der Waals surface area contributed by atoms with Gasteiger partial charge in [-0.05, 0) is 49.4 Å². The summed E-state index contributed by atoms with van der Waals surface area (Å²) in [5.74, 6) is -0.432. The summed E-state index contributed by atoms with van der Waals surface area (Å²) in [4.78, 5) is 14.6. The van der Waals surface area contributed by atoms with Crippen molar-refractivity contribution in [2.24, 2.45) is 0 Å². The molecule has 2 heterocycles. The van der Waals surface area contributed by atoms with Crippen LogP contribution in [0.5, 0.6) is 0 Å². The van der Waals surface area contributed by atoms with Crippen molar-refractivity contribution in [2.75, 3.05) is 16.8 Å². The van der Waals surface area contributed by atoms with Crippen molar-refractivity contribution in [3.05, 3.63) is 77.9 Å². The van der Waals surface area contributed by atoms with Gasteiger partial charge >= 0.3 is 0 Å². The van der Waals surface area contributed by atoms with Crippen LogP contribution in [0.1, 0.15) is 29.1 Å². The molecule has 5 nitrogen and oxygen atoms in total. The zero-order chi connectivity index (χ0) is 18.1. The van der Waals surface area contributed by atoms with E-state index in [0.29, 0.717) is 24.5 Å². The monoisotopic (exact) mass is 350 g/mol. The molecule has 1 N–H and O–H groups in total. The lowest BCUT2D eigenvalue weighted by Gasteiger charge is -2.31. The summed E-state index contributed by atoms with van der Waals surface area (Å²) < 4.78 is 15.0. The minimum Gasteiger partial charge on any atom is -0.379 e. The second kappa shape index (κ2) is 6.63. The molecule has 2 aromatic carbocycles. The number of nitrogens with zero attached hydrogens (tertiary/aromatic N) is 3. The highest BCUT2D eigenvalue weighted by Gasteiger charge is 2.31. The minimum atomic E-state index is -0.314. The zero-order valence-corrected chi connectivity index (χ0v) is 14.4. The van der Waals surface area contributed by atoms with Crippen LogP contribution in [0.4, 0.5) is 15.8 Å². The molecule has 0 saturated heterocycles. The Morgan fingerprint density at radius 2 is 1.88 bits per heavy atom. The lowest BCUT2D eigenvalue weighted by molar-refractivity contribution is 0.0953. The highest BCUT2D eigenvalue weighted by Crippen LogP contribution is 2.27. The predicted octanol–water partition coefficient (Wildman–Crippen LogP) is 3.86. The number of carbonyl (C=O) groups is 1. The van der Waals surface area contributed by atoms with Crippen molar-refractivity contribution in [1.29, 1.82) is 0 Å². The van der Waals surface area contributed by atoms with E-state index >= 15 is 0 Å². The van der Waals surface area contributed by atoms with E-state index in [1.807, 2.05) is 43.3 Å². The Morgan fingerprint density at radius 1 is 1.15 bits per heavy atom. The third kappa shape index (κ3) is 3.06. The number of amides is 1. The minimum absolute atomic E-state index is 0.0400. The highest BCUT2D eigenvalue weighted by molar-refractivity contribution is 6.05. The molecule has 1 atom stereocenters. The van der Waals surface area contributed by atoms with Crippen molar-refractivity contribution < 1.29 is 9.18 Å². The van der Waals surface area contributed by atoms with Gasteiger partial charge in [-0.1, -0.05) is 18.2 Å². The number of carbonyl (C=O) groups excluding carboxylic acids is 1. The largest absolute Gasteiger partial charge is 0.379 e. The van der Waals surface area contributed by atoms with Crippen LogP contribution < -0.4 is 10.2 Å². The molecule has 0 spiro atoms. The molecule has 6 heteroatoms. The second-order valence-corrected chi connectivity index (χ2v) is 6.43. The van der Waals surface area contributed by atoms with E-state index in [1.54, 1.807) is 21.7 Å². The Bertz CT molecular complexity index is 921. The van der Waals surface area contributed by atoms with Crippen molar-refractivity contribution in [2.45, 2.75) is 19.5 Å². The van der Waals surface area contributed by atoms with Crippen LogP contribution in [0.25, 0.3) is 0 Å². The molecule has 0 fully saturated rings. The molecule has 4 rings (SSSR count). The number of rotatable bonds is 4. The first kappa shape index (κ1) is 16.3. The van der Waals surface area contributed by atoms with Gasteiger partial charge in [0.15, 0.2) is 0 Å². The van der Waals surface area contributed by atoms with Gasteiger partial charge in [0.1, 0.15) is 11.5 Å². The Hall–Kier alpha value is -3.15. The quantitative estimate of drug-likeness (QED) is 0.777. The lowest BCUT2D eigenvalue weighted by atomic mass is 10.1. The van der Waals surface area contributed by atoms with Gasteiger partial charge in [0.2, 0.25) is 0 Å². The summed E-state index contributed by atoms with van der Waals surface area (Å²) in [7, 11) is 0. The third-order valence-corrected chi connectivity index (χ3v) is 4.50. The first-order chi connectivity index (χ1) is 12.6. The van der Waals surface area contributed by atoms with Crippen LogP contribution in [0, 0.1) is 5.82 Å². The standard InChI is InChI=1S/C20H19FN4O/c1-14-13-24(18-9-7-15(21)8-10-18)20(26)19-11-17(23-25(14)19)12-22-16-5-3-2-4-6-16/h2-11,14,22H,12-13H2,1H3/t14-/m0/s1. The summed E-state index contributed by atoms with van der Waals surface area (Å²) in [6.07, 6.45) is 0. The Labute approximate surface area is 151 Å². The summed E-state index contributed by atoms with van der Waals surface area (Å²) in [6, 6.07) is 17.7. The smallest absolute Gasteiger partial charge is 0.276 e. The summed E-state index contributed by atoms with van der Waals surface area (Å²) in [6.45, 7) is 3.07. The van der Waals surface area contributed by atoms with Crippen LogP contribution in [0.15, 0.2) is 60.7 Å². The molecule has 3 aromatic rings. The lowest BCUT2D eigenvalue weighted by Crippen LogP contribution is -2.42. The average molecular weight is 350 g/mol. The SMILES string of the molecule is C[C@H]1CN(c2ccc(F)cc2)C(=O)c2cc(CNc3ccccc3)nn21. The summed E-state index contributed by atoms with van der Waals surface area (Å²) in [5.41, 5.74) is 3.06. The van der Waals surface area contributed by atoms with Crippen molar-refractivity contribution in [3.63, 3.8) is 0 Å². The maximum Gasteiger partial charge on any atom is 0.276 e. The zero-order valence-electron chi connectivity index (χ0n) is 14.4. The Kier molecular flexibility index (Phi) is 4.16. The summed E-state index contributed by atoms with van der Waals surface area (Å²) >= 11 is 0. The third-order valence-electron chi connectivity index (χ3n) is 4.50. The van der Waals surface area contributed by atoms with E-state index in [9.17, 15) is 9.18 Å². The fraction of sp³-hybridized carbons (Fsp3) is 0.200. The molecule has 0 unspecified atom stereocenters. The Balaban J connectivity index is 1.56. The summed E-state index contributed by atoms with van der Waals surface area (Å²) in [5, 5.41) is 7.89. The van der Waals surface area contributed by atoms with Crippen LogP contribution in [0.3, 0.4) is 0 Å². The number of benzene rings is 2. The van der Waals surface area contributed by atoms with Crippen LogP contribution in [-0.2, 0) is 6.54 Å². The first-order valence-corrected chi connectivity index (χ1v) is 8.56. The molecular formula is C20H19FN4O. The Morgan fingerprint density at radius 3 is 2.62 bits per heavy atom. The predicted molar refractivity (Wildman–Crippen MR) is 98.8 cm³/mol. The fourth-order valence-electron chi connectivity index (χ4n) is 3.18. The topological polar surface area (TPSA) is 50.2 Å². The molecule has 0 aliphatic carbocycles. The van der Waals surface area contributed by atoms with Gasteiger partial charge in [-0.3, -0.25) is 9.48 Å². The molecule has 0 bridgehead atoms. The van der Waals surface area contributed by atoms with E-state index in [0.717, 1.165) is 11.4 Å². The van der Waals surface area contributed by atoms with Crippen LogP contribution >= 0.6 is 0 Å². The maximum atomic E-state index is 13.2. The van der Waals surface area contributed by atoms with Gasteiger partial charge in [0.05, 0.1) is 18.3 Å². The van der Waals surface area contributed by atoms with E-state index in [4.69, 9.17) is 0 Å². The second-order valence-electron chi connectivity index (χ2n) is 6.43. The number of nitrogens with one attached hydrogen (secondary N) is 1. The van der Waals surface area contributed by atoms with Gasteiger partial charge in [0, 0.05) is 17.9 Å². The van der Waals surface area contributed by atoms with E-state index < -0.39 is 0 Å². The molecule has 1 aliphatic rings. The molecule has 26 heavy (non-hydrogen) atoms. The normalized spacial score (nSPS) is 16.5. The molecule has 1 aromatic heterocycles. The molecular weight excluding hydrogens is 331 g/mol. The van der Waals surface area contributed by atoms with Gasteiger partial charge in [-0.25, -0.2) is 4.39 Å². The number of aromatic nitrogens is 2. The number of hydrogen-bond acceptors (Lipinski definition) is 3. The first-order valence-electron chi connectivity index (χ1n) is 8.56. The fourth-order valence-corrected chi connectivity index (χ4v) is 3.18. The number of halogens is 1. The van der Waals surface area contributed by atoms with Crippen molar-refractivity contribution in [3.8, 4) is 0 Å². The number of para-hydroxylation sites is 1. The highest BCUT2D eigenvalue weighted by atomic mass is 19.1. The number of fused-ring (bicyclic) bond motifs is 1. The van der Waals surface area contributed by atoms with E-state index in [2.05, 4.69) is 10.4 Å². The molecule has 0 radical (unpaired) electrons. The van der Waals surface area contributed by atoms with Gasteiger partial charge in [0.25, 0.3) is 5.91 Å². The van der Waals surface area contributed by atoms with E-state index in [1.165, 1.54) is 12.1 Å². The molecule has 0 saturated carbocycles. The van der Waals surface area contributed by atoms with Gasteiger partial charge in [-0.15, -0.1) is 0 Å². The number of anilines is 2. The molecule has 132 valence electrons.